The predicted molar refractivity (Wildman–Crippen MR) is 62.6 cm³/mol. The molecular weight excluding hydrogens is 226 g/mol. The third-order valence-corrected chi connectivity index (χ3v) is 3.02. The van der Waals surface area contributed by atoms with E-state index in [9.17, 15) is 9.59 Å². The fourth-order valence-corrected chi connectivity index (χ4v) is 2.27. The fraction of sp³-hybridized carbons (Fsp3) is 0.455. The van der Waals surface area contributed by atoms with Crippen molar-refractivity contribution < 1.29 is 14.7 Å². The first kappa shape index (κ1) is 12.7. The lowest BCUT2D eigenvalue weighted by Crippen LogP contribution is -2.35. The molecule has 0 saturated carbocycles. The Kier molecular flexibility index (Phi) is 4.49. The Labute approximate surface area is 98.3 Å². The maximum Gasteiger partial charge on any atom is 0.305 e. The maximum absolute atomic E-state index is 11.5. The van der Waals surface area contributed by atoms with Crippen LogP contribution >= 0.6 is 11.3 Å². The summed E-state index contributed by atoms with van der Waals surface area (Å²) in [5.74, 6) is -1.03. The molecule has 88 valence electrons. The van der Waals surface area contributed by atoms with Crippen LogP contribution in [-0.4, -0.2) is 23.0 Å². The van der Waals surface area contributed by atoms with E-state index in [1.54, 1.807) is 18.3 Å². The van der Waals surface area contributed by atoms with Crippen LogP contribution in [0.4, 0.5) is 0 Å². The molecule has 0 bridgehead atoms. The highest BCUT2D eigenvalue weighted by molar-refractivity contribution is 7.12. The molecule has 0 aliphatic heterocycles. The number of aryl methyl sites for hydroxylation is 1. The molecule has 1 amide bonds. The van der Waals surface area contributed by atoms with Crippen molar-refractivity contribution in [2.45, 2.75) is 32.7 Å². The first-order valence-corrected chi connectivity index (χ1v) is 5.85. The summed E-state index contributed by atoms with van der Waals surface area (Å²) in [5, 5.41) is 11.2. The topological polar surface area (TPSA) is 66.4 Å². The average Bonchev–Trinajstić information content (AvgIpc) is 2.48. The molecule has 0 aliphatic carbocycles. The smallest absolute Gasteiger partial charge is 0.305 e. The Morgan fingerprint density at radius 2 is 2.19 bits per heavy atom. The Morgan fingerprint density at radius 3 is 2.69 bits per heavy atom. The van der Waals surface area contributed by atoms with Crippen molar-refractivity contribution in [3.8, 4) is 0 Å². The summed E-state index contributed by atoms with van der Waals surface area (Å²) < 4.78 is 0. The van der Waals surface area contributed by atoms with Crippen LogP contribution in [-0.2, 0) is 16.0 Å². The second kappa shape index (κ2) is 5.65. The van der Waals surface area contributed by atoms with Gasteiger partial charge >= 0.3 is 5.97 Å². The number of nitrogens with one attached hydrogen (secondary N) is 1. The SMILES string of the molecule is Cc1ccc(CC(=O)NC(C)CC(=O)O)s1. The highest BCUT2D eigenvalue weighted by Gasteiger charge is 2.11. The molecule has 5 heteroatoms. The molecule has 1 unspecified atom stereocenters. The van der Waals surface area contributed by atoms with E-state index >= 15 is 0 Å². The van der Waals surface area contributed by atoms with Gasteiger partial charge in [0, 0.05) is 15.8 Å². The minimum atomic E-state index is -0.903. The van der Waals surface area contributed by atoms with Gasteiger partial charge in [-0.1, -0.05) is 0 Å². The van der Waals surface area contributed by atoms with Crippen molar-refractivity contribution in [2.75, 3.05) is 0 Å². The van der Waals surface area contributed by atoms with E-state index in [4.69, 9.17) is 5.11 Å². The number of carbonyl (C=O) groups excluding carboxylic acids is 1. The van der Waals surface area contributed by atoms with Crippen molar-refractivity contribution >= 4 is 23.2 Å². The molecule has 0 saturated heterocycles. The van der Waals surface area contributed by atoms with Crippen molar-refractivity contribution in [3.63, 3.8) is 0 Å². The third kappa shape index (κ3) is 4.44. The lowest BCUT2D eigenvalue weighted by atomic mass is 10.2. The zero-order valence-electron chi connectivity index (χ0n) is 9.32. The number of carboxylic acid groups (broad SMARTS) is 1. The van der Waals surface area contributed by atoms with Crippen LogP contribution in [0.2, 0.25) is 0 Å². The number of carbonyl (C=O) groups is 2. The molecule has 1 aromatic rings. The molecule has 0 radical (unpaired) electrons. The van der Waals surface area contributed by atoms with Gasteiger partial charge in [-0.15, -0.1) is 11.3 Å². The summed E-state index contributed by atoms with van der Waals surface area (Å²) in [6.07, 6.45) is 0.275. The van der Waals surface area contributed by atoms with Crippen LogP contribution in [0, 0.1) is 6.92 Å². The van der Waals surface area contributed by atoms with Crippen LogP contribution in [0.5, 0.6) is 0 Å². The van der Waals surface area contributed by atoms with E-state index in [-0.39, 0.29) is 18.4 Å². The number of carboxylic acids is 1. The lowest BCUT2D eigenvalue weighted by Gasteiger charge is -2.10. The number of aliphatic carboxylic acids is 1. The van der Waals surface area contributed by atoms with Crippen molar-refractivity contribution in [1.29, 1.82) is 0 Å². The fourth-order valence-electron chi connectivity index (χ4n) is 1.38. The predicted octanol–water partition coefficient (Wildman–Crippen LogP) is 1.58. The number of thiophene rings is 1. The summed E-state index contributed by atoms with van der Waals surface area (Å²) in [6, 6.07) is 3.56. The van der Waals surface area contributed by atoms with E-state index in [1.807, 2.05) is 19.1 Å². The zero-order chi connectivity index (χ0) is 12.1. The number of hydrogen-bond donors (Lipinski definition) is 2. The summed E-state index contributed by atoms with van der Waals surface area (Å²) in [7, 11) is 0. The minimum absolute atomic E-state index is 0.0464. The van der Waals surface area contributed by atoms with Crippen molar-refractivity contribution in [1.82, 2.24) is 5.32 Å². The van der Waals surface area contributed by atoms with Gasteiger partial charge in [-0.25, -0.2) is 0 Å². The maximum atomic E-state index is 11.5. The van der Waals surface area contributed by atoms with Gasteiger partial charge in [-0.05, 0) is 26.0 Å². The van der Waals surface area contributed by atoms with E-state index in [1.165, 1.54) is 4.88 Å². The molecular formula is C11H15NO3S. The molecule has 4 nitrogen and oxygen atoms in total. The van der Waals surface area contributed by atoms with Gasteiger partial charge in [0.25, 0.3) is 0 Å². The van der Waals surface area contributed by atoms with Gasteiger partial charge in [0.2, 0.25) is 5.91 Å². The molecule has 1 heterocycles. The summed E-state index contributed by atoms with van der Waals surface area (Å²) >= 11 is 1.58. The standard InChI is InChI=1S/C11H15NO3S/c1-7(5-11(14)15)12-10(13)6-9-4-3-8(2)16-9/h3-4,7H,5-6H2,1-2H3,(H,12,13)(H,14,15). The first-order valence-electron chi connectivity index (χ1n) is 5.04. The van der Waals surface area contributed by atoms with Gasteiger partial charge in [0.15, 0.2) is 0 Å². The number of hydrogen-bond acceptors (Lipinski definition) is 3. The zero-order valence-corrected chi connectivity index (χ0v) is 10.1. The molecule has 16 heavy (non-hydrogen) atoms. The highest BCUT2D eigenvalue weighted by Crippen LogP contribution is 2.15. The van der Waals surface area contributed by atoms with E-state index in [0.29, 0.717) is 6.42 Å². The molecule has 2 N–H and O–H groups in total. The minimum Gasteiger partial charge on any atom is -0.481 e. The van der Waals surface area contributed by atoms with Crippen LogP contribution in [0.3, 0.4) is 0 Å². The largest absolute Gasteiger partial charge is 0.481 e. The second-order valence-corrected chi connectivity index (χ2v) is 5.13. The Morgan fingerprint density at radius 1 is 1.50 bits per heavy atom. The Balaban J connectivity index is 2.38. The number of rotatable bonds is 5. The average molecular weight is 241 g/mol. The normalized spacial score (nSPS) is 12.1. The second-order valence-electron chi connectivity index (χ2n) is 3.76. The Bertz CT molecular complexity index is 386. The van der Waals surface area contributed by atoms with Gasteiger partial charge in [0.1, 0.15) is 0 Å². The van der Waals surface area contributed by atoms with Gasteiger partial charge in [0.05, 0.1) is 12.8 Å². The van der Waals surface area contributed by atoms with E-state index in [0.717, 1.165) is 4.88 Å². The van der Waals surface area contributed by atoms with E-state index < -0.39 is 5.97 Å². The molecule has 0 fully saturated rings. The molecule has 0 aromatic carbocycles. The van der Waals surface area contributed by atoms with Gasteiger partial charge in [-0.3, -0.25) is 9.59 Å². The summed E-state index contributed by atoms with van der Waals surface area (Å²) in [5.41, 5.74) is 0. The lowest BCUT2D eigenvalue weighted by molar-refractivity contribution is -0.137. The van der Waals surface area contributed by atoms with Gasteiger partial charge in [-0.2, -0.15) is 0 Å². The van der Waals surface area contributed by atoms with Crippen molar-refractivity contribution in [3.05, 3.63) is 21.9 Å². The molecule has 1 rings (SSSR count). The molecule has 1 atom stereocenters. The summed E-state index contributed by atoms with van der Waals surface area (Å²) in [4.78, 5) is 24.1. The highest BCUT2D eigenvalue weighted by atomic mass is 32.1. The number of amides is 1. The van der Waals surface area contributed by atoms with Crippen LogP contribution in [0.1, 0.15) is 23.1 Å². The van der Waals surface area contributed by atoms with Crippen LogP contribution in [0.25, 0.3) is 0 Å². The van der Waals surface area contributed by atoms with Gasteiger partial charge < -0.3 is 10.4 Å². The molecule has 1 aromatic heterocycles. The summed E-state index contributed by atoms with van der Waals surface area (Å²) in [6.45, 7) is 3.67. The Hall–Kier alpha value is -1.36. The monoisotopic (exact) mass is 241 g/mol. The third-order valence-electron chi connectivity index (χ3n) is 2.02. The van der Waals surface area contributed by atoms with E-state index in [2.05, 4.69) is 5.32 Å². The first-order chi connectivity index (χ1) is 7.47. The molecule has 0 aliphatic rings. The van der Waals surface area contributed by atoms with Crippen molar-refractivity contribution in [2.24, 2.45) is 0 Å². The molecule has 0 spiro atoms. The van der Waals surface area contributed by atoms with Crippen LogP contribution in [0.15, 0.2) is 12.1 Å². The quantitative estimate of drug-likeness (QED) is 0.822. The van der Waals surface area contributed by atoms with Crippen LogP contribution < -0.4 is 5.32 Å².